The number of carbonyl (C=O) groups excluding carboxylic acids is 1. The van der Waals surface area contributed by atoms with Gasteiger partial charge in [0.2, 0.25) is 5.91 Å². The van der Waals surface area contributed by atoms with E-state index in [4.69, 9.17) is 0 Å². The van der Waals surface area contributed by atoms with E-state index in [0.717, 1.165) is 29.3 Å². The van der Waals surface area contributed by atoms with Gasteiger partial charge in [-0.15, -0.1) is 10.2 Å². The number of thioether (sulfide) groups is 1. The van der Waals surface area contributed by atoms with E-state index in [-0.39, 0.29) is 5.91 Å². The van der Waals surface area contributed by atoms with Gasteiger partial charge in [-0.3, -0.25) is 4.79 Å². The number of rotatable bonds is 5. The Bertz CT molecular complexity index is 692. The predicted molar refractivity (Wildman–Crippen MR) is 94.4 cm³/mol. The van der Waals surface area contributed by atoms with Crippen LogP contribution in [0.1, 0.15) is 43.5 Å². The molecule has 24 heavy (non-hydrogen) atoms. The maximum Gasteiger partial charge on any atom is 0.230 e. The second-order valence-electron chi connectivity index (χ2n) is 6.26. The molecule has 0 saturated heterocycles. The summed E-state index contributed by atoms with van der Waals surface area (Å²) < 4.78 is 1.77. The lowest BCUT2D eigenvalue weighted by molar-refractivity contribution is -0.119. The van der Waals surface area contributed by atoms with Gasteiger partial charge >= 0.3 is 0 Å². The highest BCUT2D eigenvalue weighted by molar-refractivity contribution is 7.99. The van der Waals surface area contributed by atoms with E-state index in [0.29, 0.717) is 17.6 Å². The Morgan fingerprint density at radius 2 is 2.04 bits per heavy atom. The number of nitrogens with zero attached hydrogens (tertiary/aromatic N) is 4. The molecular formula is C17H23N5OS. The lowest BCUT2D eigenvalue weighted by Crippen LogP contribution is -2.37. The molecule has 0 spiro atoms. The first-order valence-corrected chi connectivity index (χ1v) is 9.40. The van der Waals surface area contributed by atoms with E-state index in [1.165, 1.54) is 31.0 Å². The molecule has 1 saturated carbocycles. The summed E-state index contributed by atoms with van der Waals surface area (Å²) in [6.45, 7) is 3.94. The van der Waals surface area contributed by atoms with Crippen LogP contribution in [0.2, 0.25) is 0 Å². The minimum atomic E-state index is 0.0799. The summed E-state index contributed by atoms with van der Waals surface area (Å²) in [5, 5.41) is 16.7. The van der Waals surface area contributed by atoms with Gasteiger partial charge in [-0.05, 0) is 44.9 Å². The van der Waals surface area contributed by atoms with Crippen molar-refractivity contribution in [1.29, 1.82) is 0 Å². The van der Waals surface area contributed by atoms with Crippen molar-refractivity contribution in [2.24, 2.45) is 0 Å². The summed E-state index contributed by atoms with van der Waals surface area (Å²) in [4.78, 5) is 12.0. The maximum absolute atomic E-state index is 12.0. The topological polar surface area (TPSA) is 72.7 Å². The van der Waals surface area contributed by atoms with Gasteiger partial charge in [-0.1, -0.05) is 31.0 Å². The van der Waals surface area contributed by atoms with Gasteiger partial charge in [0.25, 0.3) is 0 Å². The molecule has 0 aliphatic heterocycles. The van der Waals surface area contributed by atoms with E-state index in [9.17, 15) is 4.79 Å². The van der Waals surface area contributed by atoms with Gasteiger partial charge in [-0.25, -0.2) is 4.68 Å². The third-order valence-electron chi connectivity index (χ3n) is 4.17. The highest BCUT2D eigenvalue weighted by Crippen LogP contribution is 2.19. The Balaban J connectivity index is 1.52. The first kappa shape index (κ1) is 17.0. The number of nitrogens with one attached hydrogen (secondary N) is 1. The fourth-order valence-corrected chi connectivity index (χ4v) is 3.64. The largest absolute Gasteiger partial charge is 0.353 e. The molecule has 6 nitrogen and oxygen atoms in total. The van der Waals surface area contributed by atoms with Gasteiger partial charge in [0.15, 0.2) is 5.82 Å². The Morgan fingerprint density at radius 1 is 1.25 bits per heavy atom. The number of hydrogen-bond acceptors (Lipinski definition) is 5. The van der Waals surface area contributed by atoms with E-state index in [2.05, 4.69) is 20.6 Å². The van der Waals surface area contributed by atoms with Crippen LogP contribution in [0.25, 0.3) is 5.82 Å². The lowest BCUT2D eigenvalue weighted by Gasteiger charge is -2.22. The SMILES string of the molecule is Cc1cc(C)n(-c2ccc(SCC(=O)NC3CCCCC3)nn2)n1. The van der Waals surface area contributed by atoms with E-state index in [1.54, 1.807) is 4.68 Å². The van der Waals surface area contributed by atoms with Crippen LogP contribution in [0.4, 0.5) is 0 Å². The minimum absolute atomic E-state index is 0.0799. The van der Waals surface area contributed by atoms with Gasteiger partial charge in [0.1, 0.15) is 5.03 Å². The van der Waals surface area contributed by atoms with Crippen molar-refractivity contribution in [1.82, 2.24) is 25.3 Å². The maximum atomic E-state index is 12.0. The molecule has 2 aromatic rings. The summed E-state index contributed by atoms with van der Waals surface area (Å²) in [7, 11) is 0. The molecule has 1 aliphatic carbocycles. The van der Waals surface area contributed by atoms with Crippen LogP contribution in [-0.4, -0.2) is 37.7 Å². The molecule has 0 aromatic carbocycles. The molecule has 2 aromatic heterocycles. The Morgan fingerprint density at radius 3 is 2.67 bits per heavy atom. The first-order chi connectivity index (χ1) is 11.6. The first-order valence-electron chi connectivity index (χ1n) is 8.41. The van der Waals surface area contributed by atoms with E-state index in [1.807, 2.05) is 32.0 Å². The van der Waals surface area contributed by atoms with Crippen molar-refractivity contribution in [3.05, 3.63) is 29.6 Å². The summed E-state index contributed by atoms with van der Waals surface area (Å²) in [5.74, 6) is 1.15. The molecule has 0 radical (unpaired) electrons. The number of carbonyl (C=O) groups is 1. The monoisotopic (exact) mass is 345 g/mol. The normalized spacial score (nSPS) is 15.4. The molecular weight excluding hydrogens is 322 g/mol. The second kappa shape index (κ2) is 7.79. The summed E-state index contributed by atoms with van der Waals surface area (Å²) in [6.07, 6.45) is 5.94. The summed E-state index contributed by atoms with van der Waals surface area (Å²) >= 11 is 1.42. The zero-order valence-electron chi connectivity index (χ0n) is 14.2. The van der Waals surface area contributed by atoms with E-state index >= 15 is 0 Å². The second-order valence-corrected chi connectivity index (χ2v) is 7.26. The van der Waals surface area contributed by atoms with Crippen molar-refractivity contribution in [3.8, 4) is 5.82 Å². The molecule has 1 N–H and O–H groups in total. The molecule has 2 heterocycles. The zero-order chi connectivity index (χ0) is 16.9. The molecule has 0 atom stereocenters. The fourth-order valence-electron chi connectivity index (χ4n) is 3.02. The molecule has 1 amide bonds. The highest BCUT2D eigenvalue weighted by Gasteiger charge is 2.16. The van der Waals surface area contributed by atoms with Gasteiger partial charge in [-0.2, -0.15) is 5.10 Å². The lowest BCUT2D eigenvalue weighted by atomic mass is 9.95. The smallest absolute Gasteiger partial charge is 0.230 e. The average molecular weight is 345 g/mol. The quantitative estimate of drug-likeness (QED) is 0.844. The fraction of sp³-hybridized carbons (Fsp3) is 0.529. The highest BCUT2D eigenvalue weighted by atomic mass is 32.2. The number of hydrogen-bond donors (Lipinski definition) is 1. The van der Waals surface area contributed by atoms with Crippen LogP contribution in [-0.2, 0) is 4.79 Å². The summed E-state index contributed by atoms with van der Waals surface area (Å²) in [6, 6.07) is 6.12. The molecule has 128 valence electrons. The number of aromatic nitrogens is 4. The molecule has 1 fully saturated rings. The third-order valence-corrected chi connectivity index (χ3v) is 5.09. The van der Waals surface area contributed by atoms with Crippen molar-refractivity contribution in [2.75, 3.05) is 5.75 Å². The Hall–Kier alpha value is -1.89. The summed E-state index contributed by atoms with van der Waals surface area (Å²) in [5.41, 5.74) is 1.97. The molecule has 0 bridgehead atoms. The minimum Gasteiger partial charge on any atom is -0.353 e. The number of aryl methyl sites for hydroxylation is 2. The van der Waals surface area contributed by atoms with Gasteiger partial charge < -0.3 is 5.32 Å². The van der Waals surface area contributed by atoms with Crippen LogP contribution in [0.5, 0.6) is 0 Å². The van der Waals surface area contributed by atoms with Crippen LogP contribution in [0.15, 0.2) is 23.2 Å². The van der Waals surface area contributed by atoms with Crippen LogP contribution < -0.4 is 5.32 Å². The van der Waals surface area contributed by atoms with Crippen LogP contribution >= 0.6 is 11.8 Å². The molecule has 1 aliphatic rings. The molecule has 3 rings (SSSR count). The Kier molecular flexibility index (Phi) is 5.50. The average Bonchev–Trinajstić information content (AvgIpc) is 2.93. The van der Waals surface area contributed by atoms with Crippen molar-refractivity contribution < 1.29 is 4.79 Å². The standard InChI is InChI=1S/C17H23N5OS/c1-12-10-13(2)22(21-12)15-8-9-17(20-19-15)24-11-16(23)18-14-6-4-3-5-7-14/h8-10,14H,3-7,11H2,1-2H3,(H,18,23). The molecule has 0 unspecified atom stereocenters. The number of amides is 1. The zero-order valence-corrected chi connectivity index (χ0v) is 15.0. The predicted octanol–water partition coefficient (Wildman–Crippen LogP) is 2.82. The van der Waals surface area contributed by atoms with Gasteiger partial charge in [0.05, 0.1) is 11.4 Å². The van der Waals surface area contributed by atoms with Crippen molar-refractivity contribution in [3.63, 3.8) is 0 Å². The van der Waals surface area contributed by atoms with Crippen LogP contribution in [0.3, 0.4) is 0 Å². The van der Waals surface area contributed by atoms with E-state index < -0.39 is 0 Å². The Labute approximate surface area is 146 Å². The molecule has 7 heteroatoms. The van der Waals surface area contributed by atoms with Gasteiger partial charge in [0, 0.05) is 11.7 Å². The van der Waals surface area contributed by atoms with Crippen LogP contribution in [0, 0.1) is 13.8 Å². The van der Waals surface area contributed by atoms with Crippen molar-refractivity contribution in [2.45, 2.75) is 57.0 Å². The van der Waals surface area contributed by atoms with Crippen molar-refractivity contribution >= 4 is 17.7 Å². The third kappa shape index (κ3) is 4.35.